The van der Waals surface area contributed by atoms with E-state index in [2.05, 4.69) is 17.6 Å². The zero-order valence-corrected chi connectivity index (χ0v) is 7.73. The van der Waals surface area contributed by atoms with E-state index < -0.39 is 0 Å². The molecule has 0 aromatic rings. The Labute approximate surface area is 73.9 Å². The maximum absolute atomic E-state index is 11.0. The number of nitrogens with one attached hydrogen (secondary N) is 2. The van der Waals surface area contributed by atoms with E-state index in [4.69, 9.17) is 0 Å². The van der Waals surface area contributed by atoms with Gasteiger partial charge in [-0.3, -0.25) is 0 Å². The van der Waals surface area contributed by atoms with Crippen molar-refractivity contribution in [3.63, 3.8) is 0 Å². The lowest BCUT2D eigenvalue weighted by Gasteiger charge is -2.05. The number of hydrogen-bond acceptors (Lipinski definition) is 1. The molecule has 0 bridgehead atoms. The molecule has 1 fully saturated rings. The molecule has 0 radical (unpaired) electrons. The van der Waals surface area contributed by atoms with Crippen LogP contribution >= 0.6 is 0 Å². The van der Waals surface area contributed by atoms with Crippen molar-refractivity contribution in [1.29, 1.82) is 0 Å². The highest BCUT2D eigenvalue weighted by atomic mass is 16.2. The van der Waals surface area contributed by atoms with Gasteiger partial charge in [-0.15, -0.1) is 0 Å². The second-order valence-electron chi connectivity index (χ2n) is 3.38. The third kappa shape index (κ3) is 4.21. The van der Waals surface area contributed by atoms with E-state index in [1.165, 1.54) is 12.8 Å². The molecule has 2 amide bonds. The van der Waals surface area contributed by atoms with Gasteiger partial charge in [0.15, 0.2) is 0 Å². The molecule has 0 atom stereocenters. The van der Waals surface area contributed by atoms with Crippen molar-refractivity contribution in [2.75, 3.05) is 6.54 Å². The molecule has 3 nitrogen and oxygen atoms in total. The highest BCUT2D eigenvalue weighted by Crippen LogP contribution is 2.18. The Morgan fingerprint density at radius 1 is 1.42 bits per heavy atom. The standard InChI is InChI=1S/C9H18N2O/c1-2-3-4-7-10-9(12)11-8-5-6-8/h8H,2-7H2,1H3,(H2,10,11,12). The topological polar surface area (TPSA) is 41.1 Å². The third-order valence-corrected chi connectivity index (χ3v) is 1.98. The van der Waals surface area contributed by atoms with Gasteiger partial charge in [-0.1, -0.05) is 19.8 Å². The summed E-state index contributed by atoms with van der Waals surface area (Å²) in [5.41, 5.74) is 0. The molecule has 1 aliphatic carbocycles. The molecular formula is C9H18N2O. The van der Waals surface area contributed by atoms with E-state index in [1.54, 1.807) is 0 Å². The van der Waals surface area contributed by atoms with Crippen molar-refractivity contribution in [2.24, 2.45) is 0 Å². The minimum atomic E-state index is 0.00797. The maximum Gasteiger partial charge on any atom is 0.315 e. The highest BCUT2D eigenvalue weighted by Gasteiger charge is 2.22. The Kier molecular flexibility index (Phi) is 3.91. The summed E-state index contributed by atoms with van der Waals surface area (Å²) in [6.45, 7) is 2.97. The fraction of sp³-hybridized carbons (Fsp3) is 0.889. The van der Waals surface area contributed by atoms with Crippen LogP contribution in [0.1, 0.15) is 39.0 Å². The largest absolute Gasteiger partial charge is 0.338 e. The van der Waals surface area contributed by atoms with Crippen molar-refractivity contribution >= 4 is 6.03 Å². The van der Waals surface area contributed by atoms with E-state index >= 15 is 0 Å². The van der Waals surface area contributed by atoms with E-state index in [0.717, 1.165) is 25.8 Å². The third-order valence-electron chi connectivity index (χ3n) is 1.98. The molecule has 1 aliphatic rings. The van der Waals surface area contributed by atoms with Gasteiger partial charge in [-0.05, 0) is 19.3 Å². The SMILES string of the molecule is CCCCCNC(=O)NC1CC1. The molecule has 0 unspecified atom stereocenters. The number of carbonyl (C=O) groups excluding carboxylic acids is 1. The number of unbranched alkanes of at least 4 members (excludes halogenated alkanes) is 2. The van der Waals surface area contributed by atoms with Crippen LogP contribution in [0.3, 0.4) is 0 Å². The lowest BCUT2D eigenvalue weighted by molar-refractivity contribution is 0.240. The van der Waals surface area contributed by atoms with Crippen LogP contribution in [0, 0.1) is 0 Å². The Bertz CT molecular complexity index is 143. The van der Waals surface area contributed by atoms with Gasteiger partial charge in [0.1, 0.15) is 0 Å². The summed E-state index contributed by atoms with van der Waals surface area (Å²) in [5, 5.41) is 5.72. The summed E-state index contributed by atoms with van der Waals surface area (Å²) in [6.07, 6.45) is 5.80. The van der Waals surface area contributed by atoms with Crippen LogP contribution < -0.4 is 10.6 Å². The first kappa shape index (κ1) is 9.36. The van der Waals surface area contributed by atoms with Gasteiger partial charge in [0, 0.05) is 12.6 Å². The molecule has 12 heavy (non-hydrogen) atoms. The summed E-state index contributed by atoms with van der Waals surface area (Å²) >= 11 is 0. The Morgan fingerprint density at radius 2 is 2.17 bits per heavy atom. The summed E-state index contributed by atoms with van der Waals surface area (Å²) in [6, 6.07) is 0.477. The molecule has 0 aromatic carbocycles. The molecule has 0 aliphatic heterocycles. The lowest BCUT2D eigenvalue weighted by Crippen LogP contribution is -2.37. The molecular weight excluding hydrogens is 152 g/mol. The Morgan fingerprint density at radius 3 is 2.75 bits per heavy atom. The normalized spacial score (nSPS) is 15.8. The molecule has 0 heterocycles. The van der Waals surface area contributed by atoms with E-state index in [9.17, 15) is 4.79 Å². The zero-order chi connectivity index (χ0) is 8.81. The predicted molar refractivity (Wildman–Crippen MR) is 49.1 cm³/mol. The number of urea groups is 1. The second kappa shape index (κ2) is 5.01. The van der Waals surface area contributed by atoms with Crippen molar-refractivity contribution in [2.45, 2.75) is 45.1 Å². The van der Waals surface area contributed by atoms with Crippen LogP contribution in [0.5, 0.6) is 0 Å². The molecule has 1 saturated carbocycles. The van der Waals surface area contributed by atoms with Crippen molar-refractivity contribution in [3.05, 3.63) is 0 Å². The average Bonchev–Trinajstić information content (AvgIpc) is 2.82. The number of hydrogen-bond donors (Lipinski definition) is 2. The lowest BCUT2D eigenvalue weighted by atomic mass is 10.2. The van der Waals surface area contributed by atoms with Gasteiger partial charge in [0.2, 0.25) is 0 Å². The van der Waals surface area contributed by atoms with E-state index in [1.807, 2.05) is 0 Å². The van der Waals surface area contributed by atoms with Crippen LogP contribution in [0.4, 0.5) is 4.79 Å². The summed E-state index contributed by atoms with van der Waals surface area (Å²) in [4.78, 5) is 11.0. The van der Waals surface area contributed by atoms with Gasteiger partial charge in [0.05, 0.1) is 0 Å². The fourth-order valence-corrected chi connectivity index (χ4v) is 1.04. The van der Waals surface area contributed by atoms with Crippen LogP contribution in [0.25, 0.3) is 0 Å². The minimum Gasteiger partial charge on any atom is -0.338 e. The van der Waals surface area contributed by atoms with E-state index in [-0.39, 0.29) is 6.03 Å². The minimum absolute atomic E-state index is 0.00797. The molecule has 2 N–H and O–H groups in total. The molecule has 0 spiro atoms. The first-order valence-corrected chi connectivity index (χ1v) is 4.87. The van der Waals surface area contributed by atoms with Crippen LogP contribution in [0.2, 0.25) is 0 Å². The first-order chi connectivity index (χ1) is 5.83. The van der Waals surface area contributed by atoms with Gasteiger partial charge in [-0.25, -0.2) is 4.79 Å². The predicted octanol–water partition coefficient (Wildman–Crippen LogP) is 1.64. The molecule has 0 aromatic heterocycles. The highest BCUT2D eigenvalue weighted by molar-refractivity contribution is 5.74. The number of rotatable bonds is 5. The van der Waals surface area contributed by atoms with E-state index in [0.29, 0.717) is 6.04 Å². The smallest absolute Gasteiger partial charge is 0.315 e. The zero-order valence-electron chi connectivity index (χ0n) is 7.73. The molecule has 0 saturated heterocycles. The van der Waals surface area contributed by atoms with Gasteiger partial charge >= 0.3 is 6.03 Å². The van der Waals surface area contributed by atoms with Gasteiger partial charge < -0.3 is 10.6 Å². The average molecular weight is 170 g/mol. The summed E-state index contributed by atoms with van der Waals surface area (Å²) in [7, 11) is 0. The summed E-state index contributed by atoms with van der Waals surface area (Å²) < 4.78 is 0. The number of amides is 2. The summed E-state index contributed by atoms with van der Waals surface area (Å²) in [5.74, 6) is 0. The Hall–Kier alpha value is -0.730. The monoisotopic (exact) mass is 170 g/mol. The maximum atomic E-state index is 11.0. The Balaban J connectivity index is 1.87. The van der Waals surface area contributed by atoms with Crippen molar-refractivity contribution in [3.8, 4) is 0 Å². The van der Waals surface area contributed by atoms with Gasteiger partial charge in [0.25, 0.3) is 0 Å². The second-order valence-corrected chi connectivity index (χ2v) is 3.38. The molecule has 1 rings (SSSR count). The van der Waals surface area contributed by atoms with Crippen molar-refractivity contribution < 1.29 is 4.79 Å². The molecule has 70 valence electrons. The first-order valence-electron chi connectivity index (χ1n) is 4.87. The van der Waals surface area contributed by atoms with Crippen LogP contribution in [0.15, 0.2) is 0 Å². The van der Waals surface area contributed by atoms with Crippen LogP contribution in [-0.2, 0) is 0 Å². The fourth-order valence-electron chi connectivity index (χ4n) is 1.04. The van der Waals surface area contributed by atoms with Gasteiger partial charge in [-0.2, -0.15) is 0 Å². The van der Waals surface area contributed by atoms with Crippen LogP contribution in [-0.4, -0.2) is 18.6 Å². The number of carbonyl (C=O) groups is 1. The molecule has 3 heteroatoms. The quantitative estimate of drug-likeness (QED) is 0.605. The van der Waals surface area contributed by atoms with Crippen molar-refractivity contribution in [1.82, 2.24) is 10.6 Å².